The van der Waals surface area contributed by atoms with Crippen LogP contribution in [-0.2, 0) is 0 Å². The Morgan fingerprint density at radius 1 is 1.38 bits per heavy atom. The number of piperazine rings is 1. The van der Waals surface area contributed by atoms with Gasteiger partial charge in [-0.2, -0.15) is 0 Å². The Morgan fingerprint density at radius 2 is 2.19 bits per heavy atom. The van der Waals surface area contributed by atoms with Gasteiger partial charge in [-0.05, 0) is 44.5 Å². The van der Waals surface area contributed by atoms with E-state index >= 15 is 0 Å². The number of halogens is 1. The van der Waals surface area contributed by atoms with E-state index in [-0.39, 0.29) is 5.54 Å². The lowest BCUT2D eigenvalue weighted by atomic mass is 9.96. The summed E-state index contributed by atoms with van der Waals surface area (Å²) < 4.78 is 0. The van der Waals surface area contributed by atoms with Gasteiger partial charge < -0.3 is 10.2 Å². The van der Waals surface area contributed by atoms with Crippen molar-refractivity contribution < 1.29 is 0 Å². The van der Waals surface area contributed by atoms with Gasteiger partial charge in [0, 0.05) is 36.3 Å². The van der Waals surface area contributed by atoms with E-state index in [2.05, 4.69) is 42.0 Å². The molecule has 21 heavy (non-hydrogen) atoms. The first-order chi connectivity index (χ1) is 10.0. The van der Waals surface area contributed by atoms with Crippen LogP contribution in [0.15, 0.2) is 30.5 Å². The fourth-order valence-corrected chi connectivity index (χ4v) is 3.33. The van der Waals surface area contributed by atoms with E-state index in [9.17, 15) is 0 Å². The molecule has 1 aliphatic rings. The minimum absolute atomic E-state index is 0.104. The minimum Gasteiger partial charge on any atom is -0.364 e. The first-order valence-corrected chi connectivity index (χ1v) is 7.94. The average molecular weight is 304 g/mol. The summed E-state index contributed by atoms with van der Waals surface area (Å²) in [7, 11) is 0. The first-order valence-electron chi connectivity index (χ1n) is 7.57. The summed E-state index contributed by atoms with van der Waals surface area (Å²) in [6, 6.07) is 8.58. The average Bonchev–Trinajstić information content (AvgIpc) is 2.47. The summed E-state index contributed by atoms with van der Waals surface area (Å²) in [6.07, 6.45) is 2.95. The predicted molar refractivity (Wildman–Crippen MR) is 90.3 cm³/mol. The zero-order valence-corrected chi connectivity index (χ0v) is 13.6. The third-order valence-electron chi connectivity index (χ3n) is 4.30. The number of nitrogens with zero attached hydrogens (tertiary/aromatic N) is 2. The smallest absolute Gasteiger partial charge is 0.0950 e. The molecule has 3 rings (SSSR count). The fourth-order valence-electron chi connectivity index (χ4n) is 3.12. The molecule has 1 aliphatic heterocycles. The number of hydrogen-bond acceptors (Lipinski definition) is 3. The number of anilines is 1. The molecule has 1 unspecified atom stereocenters. The van der Waals surface area contributed by atoms with Crippen LogP contribution in [0.4, 0.5) is 5.69 Å². The monoisotopic (exact) mass is 303 g/mol. The maximum atomic E-state index is 6.32. The van der Waals surface area contributed by atoms with E-state index in [0.717, 1.165) is 35.4 Å². The molecule has 1 fully saturated rings. The lowest BCUT2D eigenvalue weighted by Crippen LogP contribution is -2.61. The van der Waals surface area contributed by atoms with Gasteiger partial charge in [-0.25, -0.2) is 0 Å². The maximum Gasteiger partial charge on any atom is 0.0950 e. The molecule has 1 N–H and O–H groups in total. The molecule has 2 heterocycles. The number of rotatable bonds is 2. The molecule has 112 valence electrons. The van der Waals surface area contributed by atoms with E-state index in [0.29, 0.717) is 6.04 Å². The van der Waals surface area contributed by atoms with Crippen LogP contribution in [0.25, 0.3) is 10.9 Å². The fraction of sp³-hybridized carbons (Fsp3) is 0.471. The van der Waals surface area contributed by atoms with Crippen molar-refractivity contribution in [3.05, 3.63) is 35.5 Å². The number of aromatic nitrogens is 1. The Labute approximate surface area is 131 Å². The number of benzene rings is 1. The van der Waals surface area contributed by atoms with Gasteiger partial charge in [0.25, 0.3) is 0 Å². The summed E-state index contributed by atoms with van der Waals surface area (Å²) in [6.45, 7) is 8.71. The highest BCUT2D eigenvalue weighted by Crippen LogP contribution is 2.33. The lowest BCUT2D eigenvalue weighted by molar-refractivity contribution is 0.306. The topological polar surface area (TPSA) is 28.2 Å². The summed E-state index contributed by atoms with van der Waals surface area (Å²) in [4.78, 5) is 7.08. The van der Waals surface area contributed by atoms with Crippen LogP contribution in [0, 0.1) is 0 Å². The molecule has 0 saturated carbocycles. The first kappa shape index (κ1) is 14.6. The van der Waals surface area contributed by atoms with Crippen molar-refractivity contribution in [1.82, 2.24) is 10.3 Å². The Kier molecular flexibility index (Phi) is 3.80. The highest BCUT2D eigenvalue weighted by atomic mass is 35.5. The lowest BCUT2D eigenvalue weighted by Gasteiger charge is -2.46. The second-order valence-corrected chi connectivity index (χ2v) is 6.83. The highest BCUT2D eigenvalue weighted by molar-refractivity contribution is 6.35. The van der Waals surface area contributed by atoms with Gasteiger partial charge in [-0.1, -0.05) is 18.5 Å². The van der Waals surface area contributed by atoms with Crippen molar-refractivity contribution in [2.75, 3.05) is 18.0 Å². The summed E-state index contributed by atoms with van der Waals surface area (Å²) >= 11 is 6.32. The van der Waals surface area contributed by atoms with Crippen molar-refractivity contribution in [3.8, 4) is 0 Å². The third kappa shape index (κ3) is 2.72. The Morgan fingerprint density at radius 3 is 2.95 bits per heavy atom. The third-order valence-corrected chi connectivity index (χ3v) is 4.63. The second-order valence-electron chi connectivity index (χ2n) is 6.42. The SMILES string of the molecule is CCC1CNC(C)(C)CN1c1ccc(Cl)c2cccnc12. The van der Waals surface area contributed by atoms with E-state index in [4.69, 9.17) is 11.6 Å². The Hall–Kier alpha value is -1.32. The van der Waals surface area contributed by atoms with Crippen molar-refractivity contribution in [3.63, 3.8) is 0 Å². The maximum absolute atomic E-state index is 6.32. The van der Waals surface area contributed by atoms with Crippen LogP contribution in [0.1, 0.15) is 27.2 Å². The highest BCUT2D eigenvalue weighted by Gasteiger charge is 2.32. The zero-order chi connectivity index (χ0) is 15.0. The van der Waals surface area contributed by atoms with E-state index < -0.39 is 0 Å². The van der Waals surface area contributed by atoms with Gasteiger partial charge in [0.1, 0.15) is 0 Å². The van der Waals surface area contributed by atoms with Gasteiger partial charge >= 0.3 is 0 Å². The van der Waals surface area contributed by atoms with Crippen LogP contribution < -0.4 is 10.2 Å². The number of fused-ring (bicyclic) bond motifs is 1. The largest absolute Gasteiger partial charge is 0.364 e. The van der Waals surface area contributed by atoms with Crippen LogP contribution in [0.3, 0.4) is 0 Å². The van der Waals surface area contributed by atoms with Gasteiger partial charge in [-0.3, -0.25) is 4.98 Å². The van der Waals surface area contributed by atoms with Crippen molar-refractivity contribution >= 4 is 28.2 Å². The molecular weight excluding hydrogens is 282 g/mol. The van der Waals surface area contributed by atoms with Crippen LogP contribution in [0.5, 0.6) is 0 Å². The minimum atomic E-state index is 0.104. The van der Waals surface area contributed by atoms with Crippen molar-refractivity contribution in [2.45, 2.75) is 38.8 Å². The normalized spacial score (nSPS) is 21.7. The molecule has 0 bridgehead atoms. The summed E-state index contributed by atoms with van der Waals surface area (Å²) in [5.74, 6) is 0. The summed E-state index contributed by atoms with van der Waals surface area (Å²) in [5.41, 5.74) is 2.30. The molecule has 1 aromatic carbocycles. The van der Waals surface area contributed by atoms with Crippen LogP contribution in [0.2, 0.25) is 5.02 Å². The van der Waals surface area contributed by atoms with E-state index in [1.807, 2.05) is 24.4 Å². The van der Waals surface area contributed by atoms with Gasteiger partial charge in [0.15, 0.2) is 0 Å². The van der Waals surface area contributed by atoms with Crippen LogP contribution in [-0.4, -0.2) is 29.7 Å². The zero-order valence-electron chi connectivity index (χ0n) is 12.9. The molecule has 3 nitrogen and oxygen atoms in total. The number of nitrogens with one attached hydrogen (secondary N) is 1. The number of pyridine rings is 1. The molecule has 1 saturated heterocycles. The molecule has 0 spiro atoms. The van der Waals surface area contributed by atoms with E-state index in [1.165, 1.54) is 5.69 Å². The molecular formula is C17H22ClN3. The molecule has 0 amide bonds. The molecule has 4 heteroatoms. The Balaban J connectivity index is 2.11. The van der Waals surface area contributed by atoms with Crippen LogP contribution >= 0.6 is 11.6 Å². The quantitative estimate of drug-likeness (QED) is 0.913. The molecule has 0 radical (unpaired) electrons. The van der Waals surface area contributed by atoms with Crippen molar-refractivity contribution in [2.24, 2.45) is 0 Å². The molecule has 1 aromatic heterocycles. The van der Waals surface area contributed by atoms with Crippen molar-refractivity contribution in [1.29, 1.82) is 0 Å². The van der Waals surface area contributed by atoms with E-state index in [1.54, 1.807) is 0 Å². The standard InChI is InChI=1S/C17H22ClN3/c1-4-12-10-20-17(2,3)11-21(12)15-8-7-14(18)13-6-5-9-19-16(13)15/h5-9,12,20H,4,10-11H2,1-3H3. The number of hydrogen-bond donors (Lipinski definition) is 1. The Bertz CT molecular complexity index is 654. The second kappa shape index (κ2) is 5.47. The predicted octanol–water partition coefficient (Wildman–Crippen LogP) is 3.86. The molecule has 1 atom stereocenters. The summed E-state index contributed by atoms with van der Waals surface area (Å²) in [5, 5.41) is 5.43. The van der Waals surface area contributed by atoms with Gasteiger partial charge in [0.2, 0.25) is 0 Å². The van der Waals surface area contributed by atoms with Gasteiger partial charge in [0.05, 0.1) is 16.2 Å². The van der Waals surface area contributed by atoms with Gasteiger partial charge in [-0.15, -0.1) is 0 Å². The molecule has 0 aliphatic carbocycles. The molecule has 2 aromatic rings.